The summed E-state index contributed by atoms with van der Waals surface area (Å²) in [6.45, 7) is 0. The number of benzene rings is 2. The Morgan fingerprint density at radius 1 is 0.833 bits per heavy atom. The van der Waals surface area contributed by atoms with Gasteiger partial charge in [-0.1, -0.05) is 36.4 Å². The van der Waals surface area contributed by atoms with Crippen molar-refractivity contribution in [2.24, 2.45) is 0 Å². The molecule has 1 aliphatic carbocycles. The molecule has 2 aromatic carbocycles. The molecule has 1 radical (unpaired) electrons. The Morgan fingerprint density at radius 3 is 2.44 bits per heavy atom. The lowest BCUT2D eigenvalue weighted by Crippen LogP contribution is -1.92. The molecule has 1 aromatic heterocycles. The molecule has 18 heavy (non-hydrogen) atoms. The predicted molar refractivity (Wildman–Crippen MR) is 70.8 cm³/mol. The summed E-state index contributed by atoms with van der Waals surface area (Å²) in [4.78, 5) is 8.64. The summed E-state index contributed by atoms with van der Waals surface area (Å²) in [5, 5.41) is 2.49. The van der Waals surface area contributed by atoms with Crippen molar-refractivity contribution in [3.63, 3.8) is 0 Å². The van der Waals surface area contributed by atoms with E-state index in [2.05, 4.69) is 52.4 Å². The van der Waals surface area contributed by atoms with Gasteiger partial charge < -0.3 is 0 Å². The highest BCUT2D eigenvalue weighted by Crippen LogP contribution is 2.36. The molecule has 0 unspecified atom stereocenters. The van der Waals surface area contributed by atoms with Gasteiger partial charge in [0.25, 0.3) is 0 Å². The van der Waals surface area contributed by atoms with Gasteiger partial charge in [-0.05, 0) is 28.0 Å². The van der Waals surface area contributed by atoms with Crippen LogP contribution in [0.3, 0.4) is 0 Å². The Hall–Kier alpha value is -2.48. The second kappa shape index (κ2) is 3.50. The first-order valence-corrected chi connectivity index (χ1v) is 5.87. The third-order valence-corrected chi connectivity index (χ3v) is 3.22. The highest BCUT2D eigenvalue weighted by atomic mass is 14.9. The quantitative estimate of drug-likeness (QED) is 0.501. The molecule has 3 aromatic rings. The maximum atomic E-state index is 4.32. The number of hydrogen-bond donors (Lipinski definition) is 0. The minimum Gasteiger partial charge on any atom is -0.237 e. The number of rotatable bonds is 1. The fourth-order valence-corrected chi connectivity index (χ4v) is 2.46. The van der Waals surface area contributed by atoms with E-state index in [1.54, 1.807) is 12.4 Å². The van der Waals surface area contributed by atoms with E-state index in [1.807, 2.05) is 6.07 Å². The van der Waals surface area contributed by atoms with E-state index in [0.29, 0.717) is 0 Å². The van der Waals surface area contributed by atoms with Gasteiger partial charge in [-0.15, -0.1) is 0 Å². The number of aromatic nitrogens is 2. The summed E-state index contributed by atoms with van der Waals surface area (Å²) in [7, 11) is 0. The van der Waals surface area contributed by atoms with Crippen LogP contribution in [-0.4, -0.2) is 9.97 Å². The molecule has 0 saturated carbocycles. The minimum atomic E-state index is 0.737. The first kappa shape index (κ1) is 9.54. The van der Waals surface area contributed by atoms with E-state index in [4.69, 9.17) is 0 Å². The van der Waals surface area contributed by atoms with Crippen LogP contribution in [0.25, 0.3) is 16.3 Å². The second-order valence-corrected chi connectivity index (χ2v) is 4.28. The van der Waals surface area contributed by atoms with Crippen molar-refractivity contribution in [2.45, 2.75) is 0 Å². The average molecular weight is 229 g/mol. The SMILES string of the molecule is [C]1=C(c2ncccn2)c2cccc3cccc1c23. The second-order valence-electron chi connectivity index (χ2n) is 4.28. The van der Waals surface area contributed by atoms with Gasteiger partial charge in [0, 0.05) is 24.0 Å². The Bertz CT molecular complexity index is 768. The summed E-state index contributed by atoms with van der Waals surface area (Å²) >= 11 is 0. The lowest BCUT2D eigenvalue weighted by Gasteiger charge is -2.04. The van der Waals surface area contributed by atoms with Crippen molar-refractivity contribution >= 4 is 16.3 Å². The van der Waals surface area contributed by atoms with Crippen molar-refractivity contribution in [3.8, 4) is 0 Å². The molecular weight excluding hydrogens is 220 g/mol. The smallest absolute Gasteiger partial charge is 0.160 e. The maximum Gasteiger partial charge on any atom is 0.160 e. The molecule has 0 saturated heterocycles. The molecule has 2 heteroatoms. The molecule has 0 aliphatic heterocycles. The van der Waals surface area contributed by atoms with E-state index in [9.17, 15) is 0 Å². The van der Waals surface area contributed by atoms with Crippen LogP contribution in [0.2, 0.25) is 0 Å². The Labute approximate surface area is 105 Å². The third kappa shape index (κ3) is 1.23. The first-order valence-electron chi connectivity index (χ1n) is 5.87. The summed E-state index contributed by atoms with van der Waals surface area (Å²) in [6, 6.07) is 14.4. The van der Waals surface area contributed by atoms with Crippen LogP contribution in [0, 0.1) is 6.08 Å². The molecule has 0 bridgehead atoms. The highest BCUT2D eigenvalue weighted by Gasteiger charge is 2.19. The molecule has 1 aliphatic rings. The van der Waals surface area contributed by atoms with Gasteiger partial charge in [0.15, 0.2) is 5.82 Å². The van der Waals surface area contributed by atoms with Crippen LogP contribution >= 0.6 is 0 Å². The fraction of sp³-hybridized carbons (Fsp3) is 0. The lowest BCUT2D eigenvalue weighted by atomic mass is 10.0. The third-order valence-electron chi connectivity index (χ3n) is 3.22. The molecule has 0 N–H and O–H groups in total. The van der Waals surface area contributed by atoms with Gasteiger partial charge in [-0.3, -0.25) is 0 Å². The van der Waals surface area contributed by atoms with Crippen molar-refractivity contribution in [1.82, 2.24) is 9.97 Å². The van der Waals surface area contributed by atoms with Crippen molar-refractivity contribution in [3.05, 3.63) is 77.9 Å². The lowest BCUT2D eigenvalue weighted by molar-refractivity contribution is 1.12. The summed E-state index contributed by atoms with van der Waals surface area (Å²) in [5.41, 5.74) is 3.29. The number of hydrogen-bond acceptors (Lipinski definition) is 2. The standard InChI is InChI=1S/C16H9N2/c1-4-11-5-2-7-13-14(10-12(6-1)15(11)13)16-17-8-3-9-18-16/h1-9H. The zero-order valence-corrected chi connectivity index (χ0v) is 9.59. The van der Waals surface area contributed by atoms with Crippen LogP contribution in [-0.2, 0) is 0 Å². The molecule has 83 valence electrons. The highest BCUT2D eigenvalue weighted by molar-refractivity contribution is 6.03. The largest absolute Gasteiger partial charge is 0.237 e. The van der Waals surface area contributed by atoms with Crippen molar-refractivity contribution in [2.75, 3.05) is 0 Å². The maximum absolute atomic E-state index is 4.32. The molecular formula is C16H9N2. The molecule has 0 fully saturated rings. The van der Waals surface area contributed by atoms with E-state index >= 15 is 0 Å². The fourth-order valence-electron chi connectivity index (χ4n) is 2.46. The van der Waals surface area contributed by atoms with E-state index in [0.717, 1.165) is 17.0 Å². The van der Waals surface area contributed by atoms with Crippen LogP contribution < -0.4 is 0 Å². The van der Waals surface area contributed by atoms with Gasteiger partial charge >= 0.3 is 0 Å². The zero-order chi connectivity index (χ0) is 11.9. The van der Waals surface area contributed by atoms with E-state index in [-0.39, 0.29) is 0 Å². The van der Waals surface area contributed by atoms with E-state index in [1.165, 1.54) is 16.3 Å². The normalized spacial score (nSPS) is 12.8. The molecule has 4 rings (SSSR count). The van der Waals surface area contributed by atoms with Gasteiger partial charge in [0.2, 0.25) is 0 Å². The number of nitrogens with zero attached hydrogens (tertiary/aromatic N) is 2. The summed E-state index contributed by atoms with van der Waals surface area (Å²) in [5.74, 6) is 0.737. The topological polar surface area (TPSA) is 25.8 Å². The molecule has 2 nitrogen and oxygen atoms in total. The van der Waals surface area contributed by atoms with Gasteiger partial charge in [-0.2, -0.15) is 0 Å². The molecule has 0 spiro atoms. The minimum absolute atomic E-state index is 0.737. The molecule has 0 amide bonds. The van der Waals surface area contributed by atoms with E-state index < -0.39 is 0 Å². The Balaban J connectivity index is 2.04. The van der Waals surface area contributed by atoms with Gasteiger partial charge in [0.05, 0.1) is 0 Å². The summed E-state index contributed by atoms with van der Waals surface area (Å²) < 4.78 is 0. The van der Waals surface area contributed by atoms with Gasteiger partial charge in [0.1, 0.15) is 0 Å². The van der Waals surface area contributed by atoms with Crippen LogP contribution in [0.4, 0.5) is 0 Å². The Morgan fingerprint density at radius 2 is 1.61 bits per heavy atom. The average Bonchev–Trinajstić information content (AvgIpc) is 2.82. The zero-order valence-electron chi connectivity index (χ0n) is 9.59. The monoisotopic (exact) mass is 229 g/mol. The van der Waals surface area contributed by atoms with Crippen molar-refractivity contribution in [1.29, 1.82) is 0 Å². The van der Waals surface area contributed by atoms with Gasteiger partial charge in [-0.25, -0.2) is 9.97 Å². The Kier molecular flexibility index (Phi) is 1.86. The van der Waals surface area contributed by atoms with Crippen LogP contribution in [0.5, 0.6) is 0 Å². The van der Waals surface area contributed by atoms with Crippen LogP contribution in [0.15, 0.2) is 54.9 Å². The first-order chi connectivity index (χ1) is 8.93. The van der Waals surface area contributed by atoms with Crippen molar-refractivity contribution < 1.29 is 0 Å². The predicted octanol–water partition coefficient (Wildman–Crippen LogP) is 3.23. The van der Waals surface area contributed by atoms with Crippen LogP contribution in [0.1, 0.15) is 17.0 Å². The summed E-state index contributed by atoms with van der Waals surface area (Å²) in [6.07, 6.45) is 6.94. The molecule has 0 atom stereocenters. The molecule has 1 heterocycles.